The number of hydrogen-bond acceptors (Lipinski definition) is 2. The molecule has 3 N–H and O–H groups in total. The summed E-state index contributed by atoms with van der Waals surface area (Å²) in [7, 11) is 0. The molecule has 1 aromatic carbocycles. The largest absolute Gasteiger partial charge is 0.346 e. The van der Waals surface area contributed by atoms with Crippen LogP contribution in [-0.4, -0.2) is 22.6 Å². The minimum atomic E-state index is -0.435. The summed E-state index contributed by atoms with van der Waals surface area (Å²) in [4.78, 5) is 12.5. The minimum Gasteiger partial charge on any atom is -0.346 e. The maximum absolute atomic E-state index is 12.5. The van der Waals surface area contributed by atoms with E-state index in [-0.39, 0.29) is 18.3 Å². The molecule has 0 bridgehead atoms. The quantitative estimate of drug-likeness (QED) is 0.879. The molecule has 1 amide bonds. The second-order valence-electron chi connectivity index (χ2n) is 6.14. The van der Waals surface area contributed by atoms with Gasteiger partial charge in [-0.05, 0) is 52.0 Å². The lowest BCUT2D eigenvalue weighted by molar-refractivity contribution is 0.0915. The number of rotatable bonds is 4. The molecule has 2 rings (SSSR count). The van der Waals surface area contributed by atoms with Crippen molar-refractivity contribution in [1.82, 2.24) is 9.88 Å². The number of carbonyl (C=O) groups excluding carboxylic acids is 1. The van der Waals surface area contributed by atoms with Gasteiger partial charge in [-0.25, -0.2) is 0 Å². The van der Waals surface area contributed by atoms with E-state index in [0.29, 0.717) is 17.1 Å². The first-order valence-corrected chi connectivity index (χ1v) is 7.60. The maximum Gasteiger partial charge on any atom is 0.253 e. The lowest BCUT2D eigenvalue weighted by Crippen LogP contribution is -2.48. The number of hydrogen-bond donors (Lipinski definition) is 2. The molecule has 2 aromatic rings. The monoisotopic (exact) mass is 355 g/mol. The molecule has 0 aliphatic rings. The van der Waals surface area contributed by atoms with Crippen LogP contribution in [0.5, 0.6) is 0 Å². The molecule has 23 heavy (non-hydrogen) atoms. The number of amides is 1. The first kappa shape index (κ1) is 19.6. The lowest BCUT2D eigenvalue weighted by Gasteiger charge is -2.24. The Bertz CT molecular complexity index is 708. The van der Waals surface area contributed by atoms with Gasteiger partial charge in [0, 0.05) is 34.2 Å². The SMILES string of the molecule is Cc1cc(C(=O)NC(C)(C)CN)c(C)n1-c1cccc(Cl)c1.Cl. The summed E-state index contributed by atoms with van der Waals surface area (Å²) in [5.41, 5.74) is 8.70. The zero-order chi connectivity index (χ0) is 16.5. The maximum atomic E-state index is 12.5. The lowest BCUT2D eigenvalue weighted by atomic mass is 10.1. The molecule has 126 valence electrons. The summed E-state index contributed by atoms with van der Waals surface area (Å²) < 4.78 is 2.02. The second-order valence-corrected chi connectivity index (χ2v) is 6.58. The highest BCUT2D eigenvalue weighted by atomic mass is 35.5. The topological polar surface area (TPSA) is 60.1 Å². The fraction of sp³-hybridized carbons (Fsp3) is 0.353. The van der Waals surface area contributed by atoms with Crippen molar-refractivity contribution in [2.45, 2.75) is 33.2 Å². The Morgan fingerprint density at radius 2 is 1.96 bits per heavy atom. The molecule has 0 aliphatic heterocycles. The number of nitrogens with one attached hydrogen (secondary N) is 1. The Balaban J connectivity index is 0.00000264. The van der Waals surface area contributed by atoms with Crippen molar-refractivity contribution in [2.75, 3.05) is 6.54 Å². The van der Waals surface area contributed by atoms with Crippen LogP contribution in [0, 0.1) is 13.8 Å². The van der Waals surface area contributed by atoms with E-state index in [4.69, 9.17) is 17.3 Å². The van der Waals surface area contributed by atoms with Gasteiger partial charge in [-0.3, -0.25) is 4.79 Å². The summed E-state index contributed by atoms with van der Waals surface area (Å²) >= 11 is 6.07. The van der Waals surface area contributed by atoms with E-state index in [0.717, 1.165) is 17.1 Å². The van der Waals surface area contributed by atoms with Crippen LogP contribution < -0.4 is 11.1 Å². The third kappa shape index (κ3) is 4.28. The van der Waals surface area contributed by atoms with Crippen molar-refractivity contribution in [1.29, 1.82) is 0 Å². The molecule has 0 unspecified atom stereocenters. The van der Waals surface area contributed by atoms with Crippen LogP contribution in [0.2, 0.25) is 5.02 Å². The summed E-state index contributed by atoms with van der Waals surface area (Å²) in [6.07, 6.45) is 0. The van der Waals surface area contributed by atoms with E-state index in [9.17, 15) is 4.79 Å². The van der Waals surface area contributed by atoms with Gasteiger partial charge in [-0.2, -0.15) is 0 Å². The molecule has 0 fully saturated rings. The van der Waals surface area contributed by atoms with Gasteiger partial charge in [0.15, 0.2) is 0 Å². The number of benzene rings is 1. The van der Waals surface area contributed by atoms with Gasteiger partial charge in [0.25, 0.3) is 5.91 Å². The highest BCUT2D eigenvalue weighted by molar-refractivity contribution is 6.30. The van der Waals surface area contributed by atoms with Crippen LogP contribution >= 0.6 is 24.0 Å². The number of aromatic nitrogens is 1. The van der Waals surface area contributed by atoms with Gasteiger partial charge < -0.3 is 15.6 Å². The Hall–Kier alpha value is -1.49. The van der Waals surface area contributed by atoms with Gasteiger partial charge >= 0.3 is 0 Å². The molecular formula is C17H23Cl2N3O. The summed E-state index contributed by atoms with van der Waals surface area (Å²) in [5, 5.41) is 3.63. The molecule has 0 spiro atoms. The summed E-state index contributed by atoms with van der Waals surface area (Å²) in [5.74, 6) is -0.114. The predicted octanol–water partition coefficient (Wildman–Crippen LogP) is 3.64. The Morgan fingerprint density at radius 3 is 2.52 bits per heavy atom. The van der Waals surface area contributed by atoms with Gasteiger partial charge in [0.05, 0.1) is 5.56 Å². The van der Waals surface area contributed by atoms with Gasteiger partial charge in [-0.15, -0.1) is 12.4 Å². The standard InChI is InChI=1S/C17H22ClN3O.ClH/c1-11-8-15(16(22)20-17(3,4)10-19)12(2)21(11)14-7-5-6-13(18)9-14;/h5-9H,10,19H2,1-4H3,(H,20,22);1H. The smallest absolute Gasteiger partial charge is 0.253 e. The highest BCUT2D eigenvalue weighted by Crippen LogP contribution is 2.23. The number of aryl methyl sites for hydroxylation is 1. The molecule has 0 radical (unpaired) electrons. The Morgan fingerprint density at radius 1 is 1.30 bits per heavy atom. The third-order valence-electron chi connectivity index (χ3n) is 3.70. The average Bonchev–Trinajstić information content (AvgIpc) is 2.73. The molecule has 4 nitrogen and oxygen atoms in total. The molecular weight excluding hydrogens is 333 g/mol. The second kappa shape index (κ2) is 7.39. The summed E-state index contributed by atoms with van der Waals surface area (Å²) in [6, 6.07) is 9.47. The molecule has 1 heterocycles. The summed E-state index contributed by atoms with van der Waals surface area (Å²) in [6.45, 7) is 8.09. The van der Waals surface area contributed by atoms with Crippen molar-refractivity contribution < 1.29 is 4.79 Å². The number of carbonyl (C=O) groups is 1. The van der Waals surface area contributed by atoms with E-state index in [1.165, 1.54) is 0 Å². The van der Waals surface area contributed by atoms with E-state index in [1.54, 1.807) is 0 Å². The Kier molecular flexibility index (Phi) is 6.28. The van der Waals surface area contributed by atoms with Gasteiger partial charge in [0.2, 0.25) is 0 Å². The van der Waals surface area contributed by atoms with Crippen molar-refractivity contribution in [3.63, 3.8) is 0 Å². The van der Waals surface area contributed by atoms with Crippen LogP contribution in [0.15, 0.2) is 30.3 Å². The van der Waals surface area contributed by atoms with Crippen molar-refractivity contribution in [3.8, 4) is 5.69 Å². The molecule has 0 aliphatic carbocycles. The zero-order valence-corrected chi connectivity index (χ0v) is 15.4. The van der Waals surface area contributed by atoms with Crippen molar-refractivity contribution in [2.24, 2.45) is 5.73 Å². The van der Waals surface area contributed by atoms with Crippen LogP contribution in [0.4, 0.5) is 0 Å². The normalized spacial score (nSPS) is 11.0. The van der Waals surface area contributed by atoms with E-state index in [2.05, 4.69) is 5.32 Å². The van der Waals surface area contributed by atoms with Gasteiger partial charge in [-0.1, -0.05) is 17.7 Å². The molecule has 6 heteroatoms. The van der Waals surface area contributed by atoms with Gasteiger partial charge in [0.1, 0.15) is 0 Å². The number of halogens is 2. The predicted molar refractivity (Wildman–Crippen MR) is 98.1 cm³/mol. The molecule has 1 aromatic heterocycles. The molecule has 0 atom stereocenters. The number of nitrogens with two attached hydrogens (primary N) is 1. The van der Waals surface area contributed by atoms with Crippen molar-refractivity contribution >= 4 is 29.9 Å². The molecule has 0 saturated carbocycles. The van der Waals surface area contributed by atoms with Crippen molar-refractivity contribution in [3.05, 3.63) is 52.3 Å². The highest BCUT2D eigenvalue weighted by Gasteiger charge is 2.23. The first-order valence-electron chi connectivity index (χ1n) is 7.22. The molecule has 0 saturated heterocycles. The zero-order valence-electron chi connectivity index (χ0n) is 13.8. The third-order valence-corrected chi connectivity index (χ3v) is 3.94. The Labute approximate surface area is 148 Å². The van der Waals surface area contributed by atoms with Crippen LogP contribution in [-0.2, 0) is 0 Å². The fourth-order valence-electron chi connectivity index (χ4n) is 2.43. The first-order chi connectivity index (χ1) is 10.2. The number of nitrogens with zero attached hydrogens (tertiary/aromatic N) is 1. The minimum absolute atomic E-state index is 0. The van der Waals surface area contributed by atoms with Crippen LogP contribution in [0.1, 0.15) is 35.6 Å². The fourth-order valence-corrected chi connectivity index (χ4v) is 2.62. The van der Waals surface area contributed by atoms with E-state index >= 15 is 0 Å². The average molecular weight is 356 g/mol. The van der Waals surface area contributed by atoms with Crippen LogP contribution in [0.3, 0.4) is 0 Å². The van der Waals surface area contributed by atoms with E-state index in [1.807, 2.05) is 62.6 Å². The van der Waals surface area contributed by atoms with Crippen LogP contribution in [0.25, 0.3) is 5.69 Å². The van der Waals surface area contributed by atoms with E-state index < -0.39 is 5.54 Å².